The minimum atomic E-state index is 0.554. The van der Waals surface area contributed by atoms with Gasteiger partial charge in [-0.2, -0.15) is 0 Å². The second kappa shape index (κ2) is 3.95. The predicted octanol–water partition coefficient (Wildman–Crippen LogP) is 3.25. The smallest absolute Gasteiger partial charge is 0.0593 e. The van der Waals surface area contributed by atoms with E-state index in [0.717, 1.165) is 0 Å². The van der Waals surface area contributed by atoms with E-state index in [2.05, 4.69) is 64.1 Å². The van der Waals surface area contributed by atoms with Gasteiger partial charge in [-0.15, -0.1) is 0 Å². The zero-order valence-electron chi connectivity index (χ0n) is 6.79. The molecule has 11 heavy (non-hydrogen) atoms. The molecule has 0 spiro atoms. The van der Waals surface area contributed by atoms with Crippen molar-refractivity contribution in [1.82, 2.24) is 0 Å². The van der Waals surface area contributed by atoms with E-state index in [9.17, 15) is 0 Å². The van der Waals surface area contributed by atoms with Crippen LogP contribution in [-0.2, 0) is 0 Å². The number of benzene rings is 1. The summed E-state index contributed by atoms with van der Waals surface area (Å²) in [7, 11) is 0. The Kier molecular flexibility index (Phi) is 3.17. The SMILES string of the molecule is CC(C)N(I)c1ccccc1. The lowest BCUT2D eigenvalue weighted by molar-refractivity contribution is 0.855. The van der Waals surface area contributed by atoms with Gasteiger partial charge in [0, 0.05) is 11.7 Å². The molecule has 0 unspecified atom stereocenters. The van der Waals surface area contributed by atoms with E-state index in [1.54, 1.807) is 0 Å². The average molecular weight is 261 g/mol. The minimum absolute atomic E-state index is 0.554. The highest BCUT2D eigenvalue weighted by atomic mass is 127. The lowest BCUT2D eigenvalue weighted by Crippen LogP contribution is -2.18. The summed E-state index contributed by atoms with van der Waals surface area (Å²) in [5.74, 6) is 0. The largest absolute Gasteiger partial charge is 0.312 e. The zero-order chi connectivity index (χ0) is 8.27. The second-order valence-electron chi connectivity index (χ2n) is 2.74. The van der Waals surface area contributed by atoms with Crippen LogP contribution >= 0.6 is 22.9 Å². The van der Waals surface area contributed by atoms with Crippen molar-refractivity contribution in [3.05, 3.63) is 30.3 Å². The molecule has 1 aromatic carbocycles. The molecule has 0 atom stereocenters. The maximum atomic E-state index is 2.33. The molecular formula is C9H12IN. The third kappa shape index (κ3) is 2.36. The lowest BCUT2D eigenvalue weighted by atomic mass is 10.3. The van der Waals surface area contributed by atoms with Gasteiger partial charge in [0.1, 0.15) is 0 Å². The van der Waals surface area contributed by atoms with Crippen LogP contribution in [0.3, 0.4) is 0 Å². The maximum absolute atomic E-state index is 2.33. The van der Waals surface area contributed by atoms with Crippen molar-refractivity contribution in [2.45, 2.75) is 19.9 Å². The van der Waals surface area contributed by atoms with E-state index in [1.165, 1.54) is 5.69 Å². The van der Waals surface area contributed by atoms with Gasteiger partial charge in [0.15, 0.2) is 0 Å². The Hall–Kier alpha value is -0.250. The van der Waals surface area contributed by atoms with Crippen molar-refractivity contribution >= 4 is 28.6 Å². The van der Waals surface area contributed by atoms with Crippen molar-refractivity contribution < 1.29 is 0 Å². The summed E-state index contributed by atoms with van der Waals surface area (Å²) in [6, 6.07) is 10.9. The molecule has 1 rings (SSSR count). The normalized spacial score (nSPS) is 10.2. The van der Waals surface area contributed by atoms with Gasteiger partial charge in [0.05, 0.1) is 22.9 Å². The van der Waals surface area contributed by atoms with Crippen LogP contribution in [0, 0.1) is 0 Å². The van der Waals surface area contributed by atoms with E-state index in [1.807, 2.05) is 6.07 Å². The van der Waals surface area contributed by atoms with Crippen molar-refractivity contribution in [2.75, 3.05) is 3.11 Å². The number of para-hydroxylation sites is 1. The van der Waals surface area contributed by atoms with E-state index in [0.29, 0.717) is 6.04 Å². The van der Waals surface area contributed by atoms with Crippen LogP contribution in [0.1, 0.15) is 13.8 Å². The van der Waals surface area contributed by atoms with Gasteiger partial charge in [0.2, 0.25) is 0 Å². The van der Waals surface area contributed by atoms with Crippen molar-refractivity contribution in [3.8, 4) is 0 Å². The Morgan fingerprint density at radius 1 is 1.18 bits per heavy atom. The molecule has 0 fully saturated rings. The fourth-order valence-corrected chi connectivity index (χ4v) is 1.19. The molecule has 0 radical (unpaired) electrons. The van der Waals surface area contributed by atoms with Gasteiger partial charge in [-0.25, -0.2) is 0 Å². The number of hydrogen-bond donors (Lipinski definition) is 0. The second-order valence-corrected chi connectivity index (χ2v) is 3.78. The van der Waals surface area contributed by atoms with Crippen LogP contribution in [0.4, 0.5) is 5.69 Å². The number of rotatable bonds is 2. The number of nitrogens with zero attached hydrogens (tertiary/aromatic N) is 1. The Balaban J connectivity index is 2.77. The van der Waals surface area contributed by atoms with E-state index in [-0.39, 0.29) is 0 Å². The molecule has 0 N–H and O–H groups in total. The lowest BCUT2D eigenvalue weighted by Gasteiger charge is -2.20. The third-order valence-corrected chi connectivity index (χ3v) is 3.13. The van der Waals surface area contributed by atoms with Crippen LogP contribution in [0.15, 0.2) is 30.3 Å². The van der Waals surface area contributed by atoms with Gasteiger partial charge in [-0.05, 0) is 26.0 Å². The van der Waals surface area contributed by atoms with Gasteiger partial charge < -0.3 is 3.11 Å². The molecular weight excluding hydrogens is 249 g/mol. The van der Waals surface area contributed by atoms with E-state index < -0.39 is 0 Å². The molecule has 60 valence electrons. The standard InChI is InChI=1S/C9H12IN/c1-8(2)11(10)9-6-4-3-5-7-9/h3-8H,1-2H3. The number of halogens is 1. The molecule has 0 saturated carbocycles. The van der Waals surface area contributed by atoms with Crippen LogP contribution in [-0.4, -0.2) is 6.04 Å². The first-order chi connectivity index (χ1) is 5.22. The molecule has 0 amide bonds. The molecule has 2 heteroatoms. The van der Waals surface area contributed by atoms with Crippen LogP contribution in [0.25, 0.3) is 0 Å². The highest BCUT2D eigenvalue weighted by molar-refractivity contribution is 14.1. The highest BCUT2D eigenvalue weighted by Gasteiger charge is 2.04. The van der Waals surface area contributed by atoms with Crippen molar-refractivity contribution in [1.29, 1.82) is 0 Å². The van der Waals surface area contributed by atoms with E-state index in [4.69, 9.17) is 0 Å². The Labute approximate surface area is 81.9 Å². The Morgan fingerprint density at radius 2 is 1.73 bits per heavy atom. The van der Waals surface area contributed by atoms with Crippen LogP contribution in [0.2, 0.25) is 0 Å². The molecule has 0 bridgehead atoms. The van der Waals surface area contributed by atoms with E-state index >= 15 is 0 Å². The molecule has 0 saturated heterocycles. The summed E-state index contributed by atoms with van der Waals surface area (Å²) in [4.78, 5) is 0. The quantitative estimate of drug-likeness (QED) is 0.583. The molecule has 0 aliphatic heterocycles. The summed E-state index contributed by atoms with van der Waals surface area (Å²) >= 11 is 2.33. The summed E-state index contributed by atoms with van der Waals surface area (Å²) in [5.41, 5.74) is 1.27. The molecule has 0 heterocycles. The third-order valence-electron chi connectivity index (χ3n) is 1.46. The summed E-state index contributed by atoms with van der Waals surface area (Å²) < 4.78 is 2.22. The summed E-state index contributed by atoms with van der Waals surface area (Å²) in [6.07, 6.45) is 0. The van der Waals surface area contributed by atoms with Crippen LogP contribution in [0.5, 0.6) is 0 Å². The Morgan fingerprint density at radius 3 is 2.18 bits per heavy atom. The van der Waals surface area contributed by atoms with Crippen molar-refractivity contribution in [3.63, 3.8) is 0 Å². The molecule has 1 nitrogen and oxygen atoms in total. The zero-order valence-corrected chi connectivity index (χ0v) is 8.95. The molecule has 0 aliphatic carbocycles. The van der Waals surface area contributed by atoms with Gasteiger partial charge in [-0.1, -0.05) is 18.2 Å². The predicted molar refractivity (Wildman–Crippen MR) is 58.1 cm³/mol. The fourth-order valence-electron chi connectivity index (χ4n) is 0.869. The average Bonchev–Trinajstić information content (AvgIpc) is 2.05. The molecule has 1 aromatic rings. The van der Waals surface area contributed by atoms with Crippen molar-refractivity contribution in [2.24, 2.45) is 0 Å². The van der Waals surface area contributed by atoms with Crippen LogP contribution < -0.4 is 3.11 Å². The maximum Gasteiger partial charge on any atom is 0.0593 e. The van der Waals surface area contributed by atoms with Gasteiger partial charge >= 0.3 is 0 Å². The topological polar surface area (TPSA) is 3.24 Å². The first kappa shape index (κ1) is 8.84. The van der Waals surface area contributed by atoms with Gasteiger partial charge in [-0.3, -0.25) is 0 Å². The minimum Gasteiger partial charge on any atom is -0.312 e. The monoisotopic (exact) mass is 261 g/mol. The fraction of sp³-hybridized carbons (Fsp3) is 0.333. The molecule has 0 aromatic heterocycles. The number of anilines is 1. The number of hydrogen-bond acceptors (Lipinski definition) is 1. The highest BCUT2D eigenvalue weighted by Crippen LogP contribution is 2.19. The first-order valence-electron chi connectivity index (χ1n) is 3.72. The van der Waals surface area contributed by atoms with Gasteiger partial charge in [0.25, 0.3) is 0 Å². The Bertz CT molecular complexity index is 208. The first-order valence-corrected chi connectivity index (χ1v) is 4.68. The summed E-state index contributed by atoms with van der Waals surface area (Å²) in [5, 5.41) is 0. The molecule has 0 aliphatic rings. The summed E-state index contributed by atoms with van der Waals surface area (Å²) in [6.45, 7) is 4.36.